The maximum Gasteiger partial charge on any atom is 0.261 e. The SMILES string of the molecule is C[C@@H](O)[C@@H](NC(=O)[C@@H](N)Cc1ccc(O)cc1)C(=O)NCC(=O)N[C@@H](Cc1c[nH]c2ccccc12)C(=O)NNC(=O)[C@H](Cc1c[nH]c2ccccc12)NC(=O)CNC(=O)[C@H](NC(=O)[C@@H](N)Cc1ccc(O)cc1)[C@@H](C)O. The average molecular weight is 1050 g/mol. The molecule has 0 saturated carbocycles. The van der Waals surface area contributed by atoms with Crippen molar-refractivity contribution in [1.82, 2.24) is 52.7 Å². The van der Waals surface area contributed by atoms with Crippen LogP contribution in [-0.2, 0) is 64.0 Å². The predicted octanol–water partition coefficient (Wildman–Crippen LogP) is -1.93. The highest BCUT2D eigenvalue weighted by atomic mass is 16.3. The van der Waals surface area contributed by atoms with Gasteiger partial charge in [0.1, 0.15) is 35.7 Å². The van der Waals surface area contributed by atoms with E-state index in [0.717, 1.165) is 21.8 Å². The van der Waals surface area contributed by atoms with Crippen LogP contribution in [0.4, 0.5) is 0 Å². The van der Waals surface area contributed by atoms with Crippen molar-refractivity contribution in [2.45, 2.75) is 88.0 Å². The Hall–Kier alpha value is -8.84. The predicted molar refractivity (Wildman–Crippen MR) is 277 cm³/mol. The van der Waals surface area contributed by atoms with Gasteiger partial charge in [0.2, 0.25) is 35.4 Å². The lowest BCUT2D eigenvalue weighted by Crippen LogP contribution is -2.59. The molecule has 0 unspecified atom stereocenters. The molecule has 402 valence electrons. The highest BCUT2D eigenvalue weighted by molar-refractivity contribution is 5.97. The summed E-state index contributed by atoms with van der Waals surface area (Å²) in [6.45, 7) is 1.05. The summed E-state index contributed by atoms with van der Waals surface area (Å²) in [6.07, 6.45) is 0.218. The third-order valence-electron chi connectivity index (χ3n) is 12.2. The first-order valence-electron chi connectivity index (χ1n) is 24.1. The van der Waals surface area contributed by atoms with E-state index in [2.05, 4.69) is 52.7 Å². The third kappa shape index (κ3) is 15.8. The Kier molecular flexibility index (Phi) is 19.6. The number of carbonyl (C=O) groups is 8. The number of aromatic nitrogens is 2. The van der Waals surface area contributed by atoms with Crippen molar-refractivity contribution in [1.29, 1.82) is 0 Å². The number of hydrogen-bond donors (Lipinski definition) is 16. The molecule has 0 bridgehead atoms. The van der Waals surface area contributed by atoms with E-state index in [-0.39, 0.29) is 37.2 Å². The second-order valence-electron chi connectivity index (χ2n) is 18.2. The molecular weight excluding hydrogens is 985 g/mol. The van der Waals surface area contributed by atoms with Gasteiger partial charge in [-0.3, -0.25) is 49.2 Å². The van der Waals surface area contributed by atoms with E-state index >= 15 is 0 Å². The van der Waals surface area contributed by atoms with Gasteiger partial charge in [0.05, 0.1) is 37.4 Å². The smallest absolute Gasteiger partial charge is 0.261 e. The van der Waals surface area contributed by atoms with E-state index in [1.165, 1.54) is 38.1 Å². The molecule has 6 aromatic rings. The van der Waals surface area contributed by atoms with E-state index in [4.69, 9.17) is 11.5 Å². The van der Waals surface area contributed by atoms with Crippen molar-refractivity contribution in [3.8, 4) is 11.5 Å². The zero-order valence-electron chi connectivity index (χ0n) is 41.5. The molecule has 0 aliphatic rings. The summed E-state index contributed by atoms with van der Waals surface area (Å²) in [7, 11) is 0. The number of hydrazine groups is 1. The second-order valence-corrected chi connectivity index (χ2v) is 18.2. The highest BCUT2D eigenvalue weighted by Gasteiger charge is 2.32. The van der Waals surface area contributed by atoms with Gasteiger partial charge in [0.15, 0.2) is 0 Å². The number of benzene rings is 4. The minimum absolute atomic E-state index is 0.0171. The fourth-order valence-corrected chi connectivity index (χ4v) is 8.09. The normalized spacial score (nSPS) is 14.3. The maximum absolute atomic E-state index is 14.0. The summed E-state index contributed by atoms with van der Waals surface area (Å²) in [5.41, 5.74) is 20.6. The van der Waals surface area contributed by atoms with Gasteiger partial charge in [-0.15, -0.1) is 0 Å². The molecule has 18 N–H and O–H groups in total. The molecular formula is C52H62N12O12. The highest BCUT2D eigenvalue weighted by Crippen LogP contribution is 2.21. The number of H-pyrrole nitrogens is 2. The Bertz CT molecular complexity index is 2810. The maximum atomic E-state index is 14.0. The average Bonchev–Trinajstić information content (AvgIpc) is 4.01. The number of aromatic hydroxyl groups is 2. The van der Waals surface area contributed by atoms with Crippen LogP contribution in [0.25, 0.3) is 21.8 Å². The largest absolute Gasteiger partial charge is 0.508 e. The number of phenols is 2. The van der Waals surface area contributed by atoms with Gasteiger partial charge in [-0.1, -0.05) is 60.7 Å². The summed E-state index contributed by atoms with van der Waals surface area (Å²) in [5.74, 6) is -7.00. The molecule has 0 aliphatic heterocycles. The summed E-state index contributed by atoms with van der Waals surface area (Å²) >= 11 is 0. The van der Waals surface area contributed by atoms with E-state index in [9.17, 15) is 58.8 Å². The van der Waals surface area contributed by atoms with Crippen LogP contribution < -0.4 is 54.2 Å². The monoisotopic (exact) mass is 1050 g/mol. The van der Waals surface area contributed by atoms with Crippen LogP contribution in [0.1, 0.15) is 36.1 Å². The van der Waals surface area contributed by atoms with Crippen molar-refractivity contribution in [2.24, 2.45) is 11.5 Å². The van der Waals surface area contributed by atoms with Crippen molar-refractivity contribution in [2.75, 3.05) is 13.1 Å². The summed E-state index contributed by atoms with van der Waals surface area (Å²) in [6, 6.07) is 18.1. The van der Waals surface area contributed by atoms with Gasteiger partial charge >= 0.3 is 0 Å². The van der Waals surface area contributed by atoms with Gasteiger partial charge in [-0.2, -0.15) is 0 Å². The molecule has 0 saturated heterocycles. The first kappa shape index (κ1) is 56.5. The number of rotatable bonds is 24. The number of para-hydroxylation sites is 2. The van der Waals surface area contributed by atoms with Crippen molar-refractivity contribution in [3.63, 3.8) is 0 Å². The summed E-state index contributed by atoms with van der Waals surface area (Å²) < 4.78 is 0. The van der Waals surface area contributed by atoms with Crippen molar-refractivity contribution >= 4 is 69.1 Å². The van der Waals surface area contributed by atoms with E-state index < -0.39 is 109 Å². The quantitative estimate of drug-likeness (QED) is 0.0294. The topological polar surface area (TPSA) is 397 Å². The number of aliphatic hydroxyl groups excluding tert-OH is 2. The number of aromatic amines is 2. The number of amides is 8. The second kappa shape index (κ2) is 26.4. The molecule has 76 heavy (non-hydrogen) atoms. The van der Waals surface area contributed by atoms with Crippen molar-refractivity contribution in [3.05, 3.63) is 132 Å². The molecule has 0 radical (unpaired) electrons. The molecule has 2 heterocycles. The number of carbonyl (C=O) groups excluding carboxylic acids is 8. The summed E-state index contributed by atoms with van der Waals surface area (Å²) in [5, 5.41) is 56.0. The van der Waals surface area contributed by atoms with Crippen LogP contribution in [0.3, 0.4) is 0 Å². The minimum Gasteiger partial charge on any atom is -0.508 e. The zero-order chi connectivity index (χ0) is 55.1. The number of aliphatic hydroxyl groups is 2. The van der Waals surface area contributed by atoms with E-state index in [1.807, 2.05) is 0 Å². The molecule has 4 aromatic carbocycles. The number of nitrogens with one attached hydrogen (secondary N) is 10. The van der Waals surface area contributed by atoms with E-state index in [1.54, 1.807) is 85.2 Å². The lowest BCUT2D eigenvalue weighted by Gasteiger charge is -2.24. The fourth-order valence-electron chi connectivity index (χ4n) is 8.09. The molecule has 6 rings (SSSR count). The van der Waals surface area contributed by atoms with Crippen LogP contribution in [0.2, 0.25) is 0 Å². The molecule has 8 amide bonds. The Morgan fingerprint density at radius 1 is 0.474 bits per heavy atom. The number of fused-ring (bicyclic) bond motifs is 2. The van der Waals surface area contributed by atoms with Crippen LogP contribution in [-0.4, -0.2) is 139 Å². The molecule has 2 aromatic heterocycles. The van der Waals surface area contributed by atoms with Gasteiger partial charge in [-0.05, 0) is 85.3 Å². The molecule has 8 atom stereocenters. The van der Waals surface area contributed by atoms with Gasteiger partial charge in [-0.25, -0.2) is 0 Å². The van der Waals surface area contributed by atoms with Crippen LogP contribution in [0, 0.1) is 0 Å². The number of phenolic OH excluding ortho intramolecular Hbond substituents is 2. The Morgan fingerprint density at radius 3 is 1.18 bits per heavy atom. The van der Waals surface area contributed by atoms with Gasteiger partial charge in [0, 0.05) is 47.0 Å². The first-order chi connectivity index (χ1) is 36.3. The zero-order valence-corrected chi connectivity index (χ0v) is 41.5. The molecule has 0 aliphatic carbocycles. The Labute approximate surface area is 435 Å². The third-order valence-corrected chi connectivity index (χ3v) is 12.2. The van der Waals surface area contributed by atoms with Gasteiger partial charge < -0.3 is 73.8 Å². The standard InChI is InChI=1S/C52H62N12O12/c1-27(65)45(61-47(71)37(53)19-29-11-15-33(67)16-12-29)51(75)57-25-43(69)59-41(21-31-23-55-39-9-5-3-7-35(31)39)49(73)63-64-50(74)42(22-32-24-56-40-10-6-4-8-36(32)40)60-44(70)26-58-52(76)46(28(2)66)62-48(72)38(54)20-30-13-17-34(68)18-14-30/h3-18,23-24,27-28,37-38,41-42,45-46,55-56,65-68H,19-22,25-26,53-54H2,1-2H3,(H,57,75)(H,58,76)(H,59,69)(H,60,70)(H,61,71)(H,62,72)(H,63,73)(H,64,74)/t27-,28-,37+,38+,41+,42+,45-,46-/m1/s1. The number of nitrogens with two attached hydrogens (primary N) is 2. The van der Waals surface area contributed by atoms with E-state index in [0.29, 0.717) is 22.3 Å². The molecule has 24 heteroatoms. The lowest BCUT2D eigenvalue weighted by molar-refractivity contribution is -0.135. The van der Waals surface area contributed by atoms with Crippen molar-refractivity contribution < 1.29 is 58.8 Å². The molecule has 0 fully saturated rings. The van der Waals surface area contributed by atoms with Crippen LogP contribution in [0.5, 0.6) is 11.5 Å². The first-order valence-corrected chi connectivity index (χ1v) is 24.1. The van der Waals surface area contributed by atoms with Crippen LogP contribution in [0.15, 0.2) is 109 Å². The Balaban J connectivity index is 1.10. The fraction of sp³-hybridized carbons (Fsp3) is 0.308. The lowest BCUT2D eigenvalue weighted by atomic mass is 10.0. The summed E-state index contributed by atoms with van der Waals surface area (Å²) in [4.78, 5) is 114. The Morgan fingerprint density at radius 2 is 0.829 bits per heavy atom. The minimum atomic E-state index is -1.54. The van der Waals surface area contributed by atoms with Gasteiger partial charge in [0.25, 0.3) is 11.8 Å². The number of hydrogen-bond acceptors (Lipinski definition) is 14. The molecule has 24 nitrogen and oxygen atoms in total. The molecule has 0 spiro atoms. The van der Waals surface area contributed by atoms with Crippen LogP contribution >= 0.6 is 0 Å².